The van der Waals surface area contributed by atoms with Gasteiger partial charge in [-0.3, -0.25) is 4.90 Å². The maximum absolute atomic E-state index is 12.3. The zero-order chi connectivity index (χ0) is 14.4. The van der Waals surface area contributed by atoms with Crippen LogP contribution < -0.4 is 5.73 Å². The van der Waals surface area contributed by atoms with E-state index in [9.17, 15) is 13.2 Å². The molecule has 0 fully saturated rings. The van der Waals surface area contributed by atoms with Crippen LogP contribution in [0.15, 0.2) is 0 Å². The Balaban J connectivity index is 4.27. The average molecular weight is 272 g/mol. The Morgan fingerprint density at radius 1 is 1.28 bits per heavy atom. The maximum Gasteiger partial charge on any atom is 0.401 e. The molecule has 0 amide bonds. The molecule has 0 saturated heterocycles. The van der Waals surface area contributed by atoms with Crippen LogP contribution in [-0.2, 0) is 4.74 Å². The molecule has 0 aromatic rings. The molecule has 0 saturated carbocycles. The van der Waals surface area contributed by atoms with Crippen LogP contribution in [0.5, 0.6) is 0 Å². The lowest BCUT2D eigenvalue weighted by atomic mass is 9.96. The molecule has 0 rings (SSSR count). The third kappa shape index (κ3) is 7.15. The number of nitrogens with two attached hydrogens (primary N) is 1. The van der Waals surface area contributed by atoms with Crippen LogP contribution in [0.25, 0.3) is 0 Å². The summed E-state index contributed by atoms with van der Waals surface area (Å²) in [5, 5.41) is 8.74. The molecule has 1 unspecified atom stereocenters. The van der Waals surface area contributed by atoms with E-state index in [-0.39, 0.29) is 25.7 Å². The molecular formula is C11H23F3N2O2. The Hall–Kier alpha value is -0.370. The van der Waals surface area contributed by atoms with Crippen molar-refractivity contribution in [1.29, 1.82) is 0 Å². The molecule has 0 aromatic carbocycles. The van der Waals surface area contributed by atoms with Crippen molar-refractivity contribution in [2.45, 2.75) is 38.1 Å². The van der Waals surface area contributed by atoms with Gasteiger partial charge in [0.15, 0.2) is 0 Å². The molecule has 0 spiro atoms. The molecule has 7 heteroatoms. The van der Waals surface area contributed by atoms with Crippen molar-refractivity contribution in [1.82, 2.24) is 4.90 Å². The zero-order valence-electron chi connectivity index (χ0n) is 11.1. The number of alkyl halides is 3. The van der Waals surface area contributed by atoms with E-state index in [2.05, 4.69) is 0 Å². The van der Waals surface area contributed by atoms with Gasteiger partial charge in [0.1, 0.15) is 0 Å². The van der Waals surface area contributed by atoms with Gasteiger partial charge >= 0.3 is 6.18 Å². The molecule has 0 radical (unpaired) electrons. The molecule has 1 atom stereocenters. The van der Waals surface area contributed by atoms with Gasteiger partial charge in [-0.15, -0.1) is 0 Å². The summed E-state index contributed by atoms with van der Waals surface area (Å²) < 4.78 is 42.0. The number of aliphatic hydroxyl groups is 1. The Morgan fingerprint density at radius 3 is 2.22 bits per heavy atom. The molecule has 4 nitrogen and oxygen atoms in total. The van der Waals surface area contributed by atoms with Crippen LogP contribution in [0, 0.1) is 0 Å². The number of ether oxygens (including phenoxy) is 1. The van der Waals surface area contributed by atoms with E-state index in [4.69, 9.17) is 15.6 Å². The molecular weight excluding hydrogens is 249 g/mol. The second kappa shape index (κ2) is 7.28. The van der Waals surface area contributed by atoms with Gasteiger partial charge in [0, 0.05) is 26.2 Å². The van der Waals surface area contributed by atoms with Gasteiger partial charge in [-0.25, -0.2) is 0 Å². The normalized spacial score (nSPS) is 15.2. The summed E-state index contributed by atoms with van der Waals surface area (Å²) in [6.07, 6.45) is -3.90. The van der Waals surface area contributed by atoms with Crippen LogP contribution in [0.1, 0.15) is 20.3 Å². The van der Waals surface area contributed by atoms with E-state index in [1.807, 2.05) is 0 Å². The Kier molecular flexibility index (Phi) is 7.13. The molecule has 0 aromatic heterocycles. The number of methoxy groups -OCH3 is 1. The minimum atomic E-state index is -4.27. The minimum Gasteiger partial charge on any atom is -0.395 e. The van der Waals surface area contributed by atoms with Crippen molar-refractivity contribution in [3.8, 4) is 0 Å². The second-order valence-corrected chi connectivity index (χ2v) is 4.82. The summed E-state index contributed by atoms with van der Waals surface area (Å²) in [6, 6.07) is -0.364. The summed E-state index contributed by atoms with van der Waals surface area (Å²) >= 11 is 0. The first-order chi connectivity index (χ1) is 8.12. The lowest BCUT2D eigenvalue weighted by Gasteiger charge is -2.32. The van der Waals surface area contributed by atoms with Gasteiger partial charge in [0.2, 0.25) is 0 Å². The highest BCUT2D eigenvalue weighted by Crippen LogP contribution is 2.18. The largest absolute Gasteiger partial charge is 0.401 e. The summed E-state index contributed by atoms with van der Waals surface area (Å²) in [5.74, 6) is 0. The van der Waals surface area contributed by atoms with Crippen LogP contribution in [-0.4, -0.2) is 61.2 Å². The third-order valence-corrected chi connectivity index (χ3v) is 2.99. The fourth-order valence-electron chi connectivity index (χ4n) is 1.49. The fraction of sp³-hybridized carbons (Fsp3) is 1.00. The lowest BCUT2D eigenvalue weighted by molar-refractivity contribution is -0.147. The second-order valence-electron chi connectivity index (χ2n) is 4.82. The molecule has 0 aliphatic carbocycles. The van der Waals surface area contributed by atoms with Crippen molar-refractivity contribution in [2.75, 3.05) is 33.4 Å². The van der Waals surface area contributed by atoms with E-state index in [1.54, 1.807) is 13.8 Å². The van der Waals surface area contributed by atoms with E-state index >= 15 is 0 Å². The van der Waals surface area contributed by atoms with Crippen LogP contribution in [0.3, 0.4) is 0 Å². The number of rotatable bonds is 8. The molecule has 0 aliphatic rings. The molecule has 110 valence electrons. The quantitative estimate of drug-likeness (QED) is 0.691. The predicted octanol–water partition coefficient (Wildman–Crippen LogP) is 0.985. The zero-order valence-corrected chi connectivity index (χ0v) is 11.1. The number of halogens is 3. The van der Waals surface area contributed by atoms with Gasteiger partial charge in [0.25, 0.3) is 0 Å². The van der Waals surface area contributed by atoms with Crippen molar-refractivity contribution in [3.05, 3.63) is 0 Å². The summed E-state index contributed by atoms with van der Waals surface area (Å²) in [7, 11) is 1.51. The molecule has 3 N–H and O–H groups in total. The van der Waals surface area contributed by atoms with E-state index in [0.717, 1.165) is 4.90 Å². The van der Waals surface area contributed by atoms with E-state index in [1.165, 1.54) is 7.11 Å². The number of hydrogen-bond acceptors (Lipinski definition) is 4. The first-order valence-corrected chi connectivity index (χ1v) is 5.83. The summed E-state index contributed by atoms with van der Waals surface area (Å²) in [5.41, 5.74) is 5.29. The van der Waals surface area contributed by atoms with E-state index < -0.39 is 18.3 Å². The van der Waals surface area contributed by atoms with Crippen molar-refractivity contribution in [2.24, 2.45) is 5.73 Å². The van der Waals surface area contributed by atoms with Gasteiger partial charge in [-0.05, 0) is 20.3 Å². The third-order valence-electron chi connectivity index (χ3n) is 2.99. The molecule has 18 heavy (non-hydrogen) atoms. The molecule has 0 bridgehead atoms. The van der Waals surface area contributed by atoms with Gasteiger partial charge in [0.05, 0.1) is 18.8 Å². The highest BCUT2D eigenvalue weighted by atomic mass is 19.4. The highest BCUT2D eigenvalue weighted by molar-refractivity contribution is 4.83. The monoisotopic (exact) mass is 272 g/mol. The Bertz CT molecular complexity index is 235. The van der Waals surface area contributed by atoms with Gasteiger partial charge < -0.3 is 15.6 Å². The smallest absolute Gasteiger partial charge is 0.395 e. The van der Waals surface area contributed by atoms with Crippen molar-refractivity contribution >= 4 is 0 Å². The van der Waals surface area contributed by atoms with Gasteiger partial charge in [-0.2, -0.15) is 13.2 Å². The predicted molar refractivity (Wildman–Crippen MR) is 63.3 cm³/mol. The first-order valence-electron chi connectivity index (χ1n) is 5.83. The van der Waals surface area contributed by atoms with Crippen LogP contribution >= 0.6 is 0 Å². The Morgan fingerprint density at radius 2 is 1.83 bits per heavy atom. The van der Waals surface area contributed by atoms with Crippen LogP contribution in [0.2, 0.25) is 0 Å². The molecule has 0 heterocycles. The standard InChI is InChI=1S/C11H23F3N2O2/c1-10(2,18-3)9(15)4-5-16(6-7-17)8-11(12,13)14/h9,17H,4-8,15H2,1-3H3. The first kappa shape index (κ1) is 17.6. The average Bonchev–Trinajstić information content (AvgIpc) is 2.23. The molecule has 0 aliphatic heterocycles. The van der Waals surface area contributed by atoms with Gasteiger partial charge in [-0.1, -0.05) is 0 Å². The Labute approximate surface area is 106 Å². The number of nitrogens with zero attached hydrogens (tertiary/aromatic N) is 1. The number of aliphatic hydroxyl groups excluding tert-OH is 1. The van der Waals surface area contributed by atoms with Crippen molar-refractivity contribution < 1.29 is 23.0 Å². The lowest BCUT2D eigenvalue weighted by Crippen LogP contribution is -2.47. The maximum atomic E-state index is 12.3. The SMILES string of the molecule is COC(C)(C)C(N)CCN(CCO)CC(F)(F)F. The summed E-state index contributed by atoms with van der Waals surface area (Å²) in [4.78, 5) is 1.14. The minimum absolute atomic E-state index is 0.0142. The van der Waals surface area contributed by atoms with Crippen molar-refractivity contribution in [3.63, 3.8) is 0 Å². The highest BCUT2D eigenvalue weighted by Gasteiger charge is 2.31. The fourth-order valence-corrected chi connectivity index (χ4v) is 1.49. The van der Waals surface area contributed by atoms with Crippen LogP contribution in [0.4, 0.5) is 13.2 Å². The topological polar surface area (TPSA) is 58.7 Å². The summed E-state index contributed by atoms with van der Waals surface area (Å²) in [6.45, 7) is 2.40. The van der Waals surface area contributed by atoms with E-state index in [0.29, 0.717) is 6.42 Å². The number of hydrogen-bond donors (Lipinski definition) is 2.